The zero-order valence-corrected chi connectivity index (χ0v) is 10.8. The number of nitro benzene ring substituents is 1. The Kier molecular flexibility index (Phi) is 4.57. The highest BCUT2D eigenvalue weighted by Crippen LogP contribution is 2.13. The van der Waals surface area contributed by atoms with Gasteiger partial charge in [-0.25, -0.2) is 0 Å². The standard InChI is InChI=1S/C15H14N2O3/c18-15(11-16-10-12-5-2-1-3-6-12)13-7-4-8-14(9-13)17(19)20/h1-9,16H,10-11H2. The number of rotatable bonds is 6. The first-order valence-corrected chi connectivity index (χ1v) is 6.19. The van der Waals surface area contributed by atoms with E-state index in [9.17, 15) is 14.9 Å². The van der Waals surface area contributed by atoms with E-state index >= 15 is 0 Å². The summed E-state index contributed by atoms with van der Waals surface area (Å²) in [5.74, 6) is -0.162. The number of carbonyl (C=O) groups is 1. The van der Waals surface area contributed by atoms with Crippen LogP contribution in [-0.4, -0.2) is 17.3 Å². The highest BCUT2D eigenvalue weighted by molar-refractivity contribution is 5.98. The van der Waals surface area contributed by atoms with Crippen molar-refractivity contribution in [3.63, 3.8) is 0 Å². The summed E-state index contributed by atoms with van der Waals surface area (Å²) in [5, 5.41) is 13.7. The number of nitrogens with zero attached hydrogens (tertiary/aromatic N) is 1. The molecule has 1 N–H and O–H groups in total. The molecule has 0 fully saturated rings. The number of benzene rings is 2. The molecule has 0 radical (unpaired) electrons. The van der Waals surface area contributed by atoms with Crippen LogP contribution in [0.4, 0.5) is 5.69 Å². The van der Waals surface area contributed by atoms with Crippen molar-refractivity contribution in [1.82, 2.24) is 5.32 Å². The molecule has 0 aliphatic heterocycles. The van der Waals surface area contributed by atoms with Crippen molar-refractivity contribution in [3.05, 3.63) is 75.8 Å². The van der Waals surface area contributed by atoms with Crippen LogP contribution in [0, 0.1) is 10.1 Å². The van der Waals surface area contributed by atoms with Gasteiger partial charge < -0.3 is 5.32 Å². The largest absolute Gasteiger partial charge is 0.306 e. The maximum Gasteiger partial charge on any atom is 0.270 e. The first-order chi connectivity index (χ1) is 9.66. The van der Waals surface area contributed by atoms with Gasteiger partial charge in [0, 0.05) is 24.2 Å². The van der Waals surface area contributed by atoms with Gasteiger partial charge in [0.05, 0.1) is 11.5 Å². The highest BCUT2D eigenvalue weighted by atomic mass is 16.6. The van der Waals surface area contributed by atoms with E-state index in [0.29, 0.717) is 12.1 Å². The number of Topliss-reactive ketones (excluding diaryl/α,β-unsaturated/α-hetero) is 1. The van der Waals surface area contributed by atoms with Crippen LogP contribution in [0.3, 0.4) is 0 Å². The van der Waals surface area contributed by atoms with Crippen LogP contribution in [0.15, 0.2) is 54.6 Å². The summed E-state index contributed by atoms with van der Waals surface area (Å²) in [6.45, 7) is 0.734. The predicted molar refractivity (Wildman–Crippen MR) is 75.6 cm³/mol. The Hall–Kier alpha value is -2.53. The van der Waals surface area contributed by atoms with Gasteiger partial charge in [0.15, 0.2) is 5.78 Å². The lowest BCUT2D eigenvalue weighted by Crippen LogP contribution is -2.22. The van der Waals surface area contributed by atoms with Gasteiger partial charge in [0.25, 0.3) is 5.69 Å². The molecule has 0 aliphatic carbocycles. The van der Waals surface area contributed by atoms with Crippen molar-refractivity contribution >= 4 is 11.5 Å². The third-order valence-electron chi connectivity index (χ3n) is 2.84. The Balaban J connectivity index is 1.92. The first kappa shape index (κ1) is 13.9. The molecule has 0 heterocycles. The van der Waals surface area contributed by atoms with Crippen LogP contribution in [0.1, 0.15) is 15.9 Å². The van der Waals surface area contributed by atoms with Gasteiger partial charge in [-0.3, -0.25) is 14.9 Å². The summed E-state index contributed by atoms with van der Waals surface area (Å²) in [6, 6.07) is 15.5. The van der Waals surface area contributed by atoms with E-state index in [1.165, 1.54) is 18.2 Å². The minimum Gasteiger partial charge on any atom is -0.306 e. The lowest BCUT2D eigenvalue weighted by atomic mass is 10.1. The smallest absolute Gasteiger partial charge is 0.270 e. The van der Waals surface area contributed by atoms with Crippen LogP contribution >= 0.6 is 0 Å². The number of carbonyl (C=O) groups excluding carboxylic acids is 1. The van der Waals surface area contributed by atoms with E-state index in [4.69, 9.17) is 0 Å². The quantitative estimate of drug-likeness (QED) is 0.497. The van der Waals surface area contributed by atoms with E-state index < -0.39 is 4.92 Å². The number of ketones is 1. The summed E-state index contributed by atoms with van der Waals surface area (Å²) in [5.41, 5.74) is 1.36. The molecule has 0 saturated carbocycles. The van der Waals surface area contributed by atoms with Crippen LogP contribution in [0.5, 0.6) is 0 Å². The lowest BCUT2D eigenvalue weighted by molar-refractivity contribution is -0.384. The molecule has 0 aromatic heterocycles. The maximum absolute atomic E-state index is 11.9. The van der Waals surface area contributed by atoms with Gasteiger partial charge in [0.2, 0.25) is 0 Å². The molecule has 2 rings (SSSR count). The van der Waals surface area contributed by atoms with Crippen LogP contribution in [0.25, 0.3) is 0 Å². The molecule has 5 heteroatoms. The zero-order chi connectivity index (χ0) is 14.4. The molecule has 2 aromatic rings. The Morgan fingerprint density at radius 1 is 1.10 bits per heavy atom. The van der Waals surface area contributed by atoms with Crippen molar-refractivity contribution in [2.75, 3.05) is 6.54 Å². The number of nitrogens with one attached hydrogen (secondary N) is 1. The maximum atomic E-state index is 11.9. The average Bonchev–Trinajstić information content (AvgIpc) is 2.48. The number of non-ortho nitro benzene ring substituents is 1. The van der Waals surface area contributed by atoms with Crippen LogP contribution in [0.2, 0.25) is 0 Å². The van der Waals surface area contributed by atoms with Gasteiger partial charge in [-0.05, 0) is 5.56 Å². The molecule has 0 unspecified atom stereocenters. The number of nitro groups is 1. The van der Waals surface area contributed by atoms with E-state index in [2.05, 4.69) is 5.32 Å². The molecule has 0 spiro atoms. The van der Waals surface area contributed by atoms with Crippen molar-refractivity contribution in [3.8, 4) is 0 Å². The molecule has 0 saturated heterocycles. The predicted octanol–water partition coefficient (Wildman–Crippen LogP) is 2.57. The highest BCUT2D eigenvalue weighted by Gasteiger charge is 2.10. The lowest BCUT2D eigenvalue weighted by Gasteiger charge is -2.04. The molecule has 0 atom stereocenters. The second-order valence-electron chi connectivity index (χ2n) is 4.32. The monoisotopic (exact) mass is 270 g/mol. The van der Waals surface area contributed by atoms with Gasteiger partial charge in [-0.1, -0.05) is 42.5 Å². The summed E-state index contributed by atoms with van der Waals surface area (Å²) in [4.78, 5) is 22.1. The van der Waals surface area contributed by atoms with Crippen LogP contribution < -0.4 is 5.32 Å². The second kappa shape index (κ2) is 6.58. The molecule has 0 amide bonds. The van der Waals surface area contributed by atoms with E-state index in [-0.39, 0.29) is 18.0 Å². The van der Waals surface area contributed by atoms with Gasteiger partial charge >= 0.3 is 0 Å². The Morgan fingerprint density at radius 3 is 2.55 bits per heavy atom. The van der Waals surface area contributed by atoms with E-state index in [0.717, 1.165) is 5.56 Å². The summed E-state index contributed by atoms with van der Waals surface area (Å²) >= 11 is 0. The molecule has 102 valence electrons. The van der Waals surface area contributed by atoms with Crippen LogP contribution in [-0.2, 0) is 6.54 Å². The van der Waals surface area contributed by atoms with Crippen molar-refractivity contribution in [2.24, 2.45) is 0 Å². The minimum atomic E-state index is -0.506. The Morgan fingerprint density at radius 2 is 1.85 bits per heavy atom. The average molecular weight is 270 g/mol. The van der Waals surface area contributed by atoms with Crippen molar-refractivity contribution in [2.45, 2.75) is 6.54 Å². The molecule has 20 heavy (non-hydrogen) atoms. The third kappa shape index (κ3) is 3.73. The summed E-state index contributed by atoms with van der Waals surface area (Å²) < 4.78 is 0. The van der Waals surface area contributed by atoms with Crippen molar-refractivity contribution < 1.29 is 9.72 Å². The molecular weight excluding hydrogens is 256 g/mol. The number of hydrogen-bond donors (Lipinski definition) is 1. The van der Waals surface area contributed by atoms with Gasteiger partial charge in [-0.2, -0.15) is 0 Å². The fraction of sp³-hybridized carbons (Fsp3) is 0.133. The van der Waals surface area contributed by atoms with Gasteiger partial charge in [0.1, 0.15) is 0 Å². The molecule has 0 aliphatic rings. The van der Waals surface area contributed by atoms with E-state index in [1.54, 1.807) is 6.07 Å². The third-order valence-corrected chi connectivity index (χ3v) is 2.84. The normalized spacial score (nSPS) is 10.2. The SMILES string of the molecule is O=C(CNCc1ccccc1)c1cccc([N+](=O)[O-])c1. The first-order valence-electron chi connectivity index (χ1n) is 6.19. The molecule has 2 aromatic carbocycles. The molecule has 0 bridgehead atoms. The molecule has 5 nitrogen and oxygen atoms in total. The second-order valence-corrected chi connectivity index (χ2v) is 4.32. The fourth-order valence-electron chi connectivity index (χ4n) is 1.81. The Labute approximate surface area is 116 Å². The zero-order valence-electron chi connectivity index (χ0n) is 10.8. The summed E-state index contributed by atoms with van der Waals surface area (Å²) in [6.07, 6.45) is 0. The van der Waals surface area contributed by atoms with E-state index in [1.807, 2.05) is 30.3 Å². The van der Waals surface area contributed by atoms with Gasteiger partial charge in [-0.15, -0.1) is 0 Å². The fourth-order valence-corrected chi connectivity index (χ4v) is 1.81. The summed E-state index contributed by atoms with van der Waals surface area (Å²) in [7, 11) is 0. The molecular formula is C15H14N2O3. The minimum absolute atomic E-state index is 0.0705. The van der Waals surface area contributed by atoms with Crippen molar-refractivity contribution in [1.29, 1.82) is 0 Å². The Bertz CT molecular complexity index is 612. The topological polar surface area (TPSA) is 72.2 Å². The number of hydrogen-bond acceptors (Lipinski definition) is 4.